The number of sulfone groups is 1. The molecular weight excluding hydrogens is 362 g/mol. The first kappa shape index (κ1) is 21.7. The zero-order valence-electron chi connectivity index (χ0n) is 17.1. The molecule has 1 aliphatic heterocycles. The summed E-state index contributed by atoms with van der Waals surface area (Å²) in [5.41, 5.74) is 0.937. The van der Waals surface area contributed by atoms with E-state index >= 15 is 0 Å². The first-order chi connectivity index (χ1) is 12.6. The van der Waals surface area contributed by atoms with Crippen molar-refractivity contribution in [1.82, 2.24) is 10.6 Å². The summed E-state index contributed by atoms with van der Waals surface area (Å²) in [5.74, 6) is 0.598. The van der Waals surface area contributed by atoms with E-state index in [2.05, 4.69) is 43.3 Å². The highest BCUT2D eigenvalue weighted by Crippen LogP contribution is 2.24. The molecule has 0 aromatic heterocycles. The van der Waals surface area contributed by atoms with E-state index in [0.29, 0.717) is 23.9 Å². The Kier molecular flexibility index (Phi) is 6.92. The molecule has 1 saturated heterocycles. The van der Waals surface area contributed by atoms with Crippen molar-refractivity contribution >= 4 is 15.8 Å². The minimum Gasteiger partial charge on any atom is -0.373 e. The Morgan fingerprint density at radius 3 is 2.41 bits per heavy atom. The summed E-state index contributed by atoms with van der Waals surface area (Å²) >= 11 is 0. The summed E-state index contributed by atoms with van der Waals surface area (Å²) in [7, 11) is -1.67. The molecule has 7 heteroatoms. The van der Waals surface area contributed by atoms with Crippen molar-refractivity contribution in [3.8, 4) is 0 Å². The standard InChI is InChI=1S/C20H33N3O3S/c1-19(2,3)16-7-9-17(10-8-16)27(24,25)14-12-22-18(21-5)23-15-20(4)11-6-13-26-20/h7-10H,6,11-15H2,1-5H3,(H2,21,22,23). The lowest BCUT2D eigenvalue weighted by molar-refractivity contribution is 0.0243. The molecule has 27 heavy (non-hydrogen) atoms. The molecule has 0 aliphatic carbocycles. The first-order valence-corrected chi connectivity index (χ1v) is 11.1. The summed E-state index contributed by atoms with van der Waals surface area (Å²) < 4.78 is 30.9. The number of hydrogen-bond donors (Lipinski definition) is 2. The number of rotatable bonds is 6. The van der Waals surface area contributed by atoms with E-state index in [1.165, 1.54) is 0 Å². The summed E-state index contributed by atoms with van der Waals surface area (Å²) in [6, 6.07) is 7.18. The van der Waals surface area contributed by atoms with Gasteiger partial charge in [0, 0.05) is 26.7 Å². The normalized spacial score (nSPS) is 21.3. The maximum Gasteiger partial charge on any atom is 0.191 e. The van der Waals surface area contributed by atoms with Crippen LogP contribution in [0.3, 0.4) is 0 Å². The average Bonchev–Trinajstić information content (AvgIpc) is 3.04. The Balaban J connectivity index is 1.86. The van der Waals surface area contributed by atoms with Crippen molar-refractivity contribution in [3.63, 3.8) is 0 Å². The van der Waals surface area contributed by atoms with E-state index in [9.17, 15) is 8.42 Å². The van der Waals surface area contributed by atoms with Crippen LogP contribution in [0.2, 0.25) is 0 Å². The Bertz CT molecular complexity index is 744. The fraction of sp³-hybridized carbons (Fsp3) is 0.650. The summed E-state index contributed by atoms with van der Waals surface area (Å²) in [6.45, 7) is 10.1. The maximum absolute atomic E-state index is 12.6. The molecule has 0 radical (unpaired) electrons. The van der Waals surface area contributed by atoms with E-state index in [1.54, 1.807) is 19.2 Å². The second-order valence-corrected chi connectivity index (χ2v) is 10.5. The average molecular weight is 396 g/mol. The molecule has 2 rings (SSSR count). The van der Waals surface area contributed by atoms with Gasteiger partial charge in [0.15, 0.2) is 15.8 Å². The third-order valence-electron chi connectivity index (χ3n) is 4.90. The van der Waals surface area contributed by atoms with Crippen molar-refractivity contribution < 1.29 is 13.2 Å². The van der Waals surface area contributed by atoms with Gasteiger partial charge in [-0.1, -0.05) is 32.9 Å². The second-order valence-electron chi connectivity index (χ2n) is 8.35. The molecule has 0 bridgehead atoms. The van der Waals surface area contributed by atoms with Gasteiger partial charge in [0.2, 0.25) is 0 Å². The van der Waals surface area contributed by atoms with Crippen molar-refractivity contribution in [2.45, 2.75) is 56.4 Å². The largest absolute Gasteiger partial charge is 0.373 e. The van der Waals surface area contributed by atoms with Crippen molar-refractivity contribution in [3.05, 3.63) is 29.8 Å². The predicted octanol–water partition coefficient (Wildman–Crippen LogP) is 2.49. The van der Waals surface area contributed by atoms with Gasteiger partial charge in [0.25, 0.3) is 0 Å². The van der Waals surface area contributed by atoms with Crippen LogP contribution < -0.4 is 10.6 Å². The smallest absolute Gasteiger partial charge is 0.191 e. The summed E-state index contributed by atoms with van der Waals surface area (Å²) in [5, 5.41) is 6.30. The monoisotopic (exact) mass is 395 g/mol. The van der Waals surface area contributed by atoms with E-state index in [-0.39, 0.29) is 16.8 Å². The van der Waals surface area contributed by atoms with Crippen LogP contribution in [0, 0.1) is 0 Å². The molecule has 1 aromatic rings. The topological polar surface area (TPSA) is 79.8 Å². The van der Waals surface area contributed by atoms with Crippen molar-refractivity contribution in [2.24, 2.45) is 4.99 Å². The van der Waals surface area contributed by atoms with Crippen molar-refractivity contribution in [1.29, 1.82) is 0 Å². The third-order valence-corrected chi connectivity index (χ3v) is 6.63. The van der Waals surface area contributed by atoms with Crippen LogP contribution in [0.15, 0.2) is 34.2 Å². The van der Waals surface area contributed by atoms with E-state index < -0.39 is 9.84 Å². The molecule has 2 N–H and O–H groups in total. The SMILES string of the molecule is CN=C(NCCS(=O)(=O)c1ccc(C(C)(C)C)cc1)NCC1(C)CCCO1. The van der Waals surface area contributed by atoms with Gasteiger partial charge >= 0.3 is 0 Å². The van der Waals surface area contributed by atoms with Crippen LogP contribution in [0.4, 0.5) is 0 Å². The molecule has 0 amide bonds. The number of hydrogen-bond acceptors (Lipinski definition) is 4. The van der Waals surface area contributed by atoms with E-state index in [0.717, 1.165) is 25.0 Å². The lowest BCUT2D eigenvalue weighted by atomic mass is 9.87. The number of benzene rings is 1. The Morgan fingerprint density at radius 1 is 1.22 bits per heavy atom. The quantitative estimate of drug-likeness (QED) is 0.571. The van der Waals surface area contributed by atoms with Gasteiger partial charge in [-0.25, -0.2) is 8.42 Å². The summed E-state index contributed by atoms with van der Waals surface area (Å²) in [4.78, 5) is 4.51. The number of nitrogens with one attached hydrogen (secondary N) is 2. The molecule has 0 spiro atoms. The lowest BCUT2D eigenvalue weighted by Crippen LogP contribution is -2.46. The molecule has 1 aliphatic rings. The highest BCUT2D eigenvalue weighted by molar-refractivity contribution is 7.91. The molecule has 1 unspecified atom stereocenters. The second kappa shape index (κ2) is 8.61. The van der Waals surface area contributed by atoms with Crippen LogP contribution in [0.5, 0.6) is 0 Å². The van der Waals surface area contributed by atoms with Gasteiger partial charge in [0.1, 0.15) is 0 Å². The Morgan fingerprint density at radius 2 is 1.89 bits per heavy atom. The highest BCUT2D eigenvalue weighted by atomic mass is 32.2. The fourth-order valence-electron chi connectivity index (χ4n) is 3.05. The van der Waals surface area contributed by atoms with E-state index in [1.807, 2.05) is 12.1 Å². The van der Waals surface area contributed by atoms with Gasteiger partial charge in [-0.15, -0.1) is 0 Å². The summed E-state index contributed by atoms with van der Waals surface area (Å²) in [6.07, 6.45) is 2.08. The number of ether oxygens (including phenoxy) is 1. The number of aliphatic imine (C=N–C) groups is 1. The maximum atomic E-state index is 12.6. The van der Waals surface area contributed by atoms with Crippen LogP contribution in [0.1, 0.15) is 46.1 Å². The zero-order valence-corrected chi connectivity index (χ0v) is 17.9. The van der Waals surface area contributed by atoms with Gasteiger partial charge in [-0.3, -0.25) is 4.99 Å². The molecule has 0 saturated carbocycles. The number of nitrogens with zero attached hydrogens (tertiary/aromatic N) is 1. The molecule has 1 heterocycles. The van der Waals surface area contributed by atoms with Gasteiger partial charge in [-0.2, -0.15) is 0 Å². The lowest BCUT2D eigenvalue weighted by Gasteiger charge is -2.24. The molecule has 152 valence electrons. The minimum atomic E-state index is -3.34. The first-order valence-electron chi connectivity index (χ1n) is 9.48. The zero-order chi connectivity index (χ0) is 20.1. The third kappa shape index (κ3) is 6.21. The molecule has 1 atom stereocenters. The minimum absolute atomic E-state index is 0.00167. The number of guanidine groups is 1. The van der Waals surface area contributed by atoms with Crippen LogP contribution >= 0.6 is 0 Å². The Hall–Kier alpha value is -1.60. The van der Waals surface area contributed by atoms with E-state index in [4.69, 9.17) is 4.74 Å². The highest BCUT2D eigenvalue weighted by Gasteiger charge is 2.29. The van der Waals surface area contributed by atoms with Crippen molar-refractivity contribution in [2.75, 3.05) is 32.5 Å². The van der Waals surface area contributed by atoms with Crippen LogP contribution in [0.25, 0.3) is 0 Å². The molecular formula is C20H33N3O3S. The molecule has 1 fully saturated rings. The molecule has 1 aromatic carbocycles. The fourth-order valence-corrected chi connectivity index (χ4v) is 4.21. The molecule has 6 nitrogen and oxygen atoms in total. The predicted molar refractivity (Wildman–Crippen MR) is 110 cm³/mol. The van der Waals surface area contributed by atoms with Gasteiger partial charge in [0.05, 0.1) is 16.2 Å². The van der Waals surface area contributed by atoms with Crippen LogP contribution in [-0.4, -0.2) is 52.5 Å². The Labute approximate surface area is 163 Å². The van der Waals surface area contributed by atoms with Gasteiger partial charge < -0.3 is 15.4 Å². The van der Waals surface area contributed by atoms with Gasteiger partial charge in [-0.05, 0) is 42.9 Å². The van der Waals surface area contributed by atoms with Crippen LogP contribution in [-0.2, 0) is 20.0 Å².